The molecular formula is C17H23N3O. The van der Waals surface area contributed by atoms with Gasteiger partial charge in [0.1, 0.15) is 0 Å². The van der Waals surface area contributed by atoms with Crippen LogP contribution in [0.15, 0.2) is 35.1 Å². The zero-order valence-corrected chi connectivity index (χ0v) is 12.9. The summed E-state index contributed by atoms with van der Waals surface area (Å²) in [7, 11) is 0. The van der Waals surface area contributed by atoms with Crippen molar-refractivity contribution < 1.29 is 0 Å². The smallest absolute Gasteiger partial charge is 0.256 e. The molecule has 1 aromatic heterocycles. The Hall–Kier alpha value is -2.10. The monoisotopic (exact) mass is 285 g/mol. The minimum atomic E-state index is -0.0570. The van der Waals surface area contributed by atoms with Gasteiger partial charge in [-0.1, -0.05) is 44.2 Å². The lowest BCUT2D eigenvalue weighted by Crippen LogP contribution is -2.20. The van der Waals surface area contributed by atoms with Crippen molar-refractivity contribution in [3.63, 3.8) is 0 Å². The van der Waals surface area contributed by atoms with Crippen LogP contribution in [-0.4, -0.2) is 16.5 Å². The molecule has 1 heterocycles. The number of benzene rings is 1. The summed E-state index contributed by atoms with van der Waals surface area (Å²) in [6.45, 7) is 7.05. The number of hydrogen-bond donors (Lipinski definition) is 2. The van der Waals surface area contributed by atoms with E-state index >= 15 is 0 Å². The molecule has 0 spiro atoms. The molecule has 2 aromatic rings. The fourth-order valence-electron chi connectivity index (χ4n) is 2.18. The predicted molar refractivity (Wildman–Crippen MR) is 86.8 cm³/mol. The molecule has 0 aliphatic heterocycles. The van der Waals surface area contributed by atoms with Gasteiger partial charge < -0.3 is 5.32 Å². The number of H-pyrrole nitrogens is 1. The lowest BCUT2D eigenvalue weighted by Gasteiger charge is -2.10. The lowest BCUT2D eigenvalue weighted by atomic mass is 10.1. The third kappa shape index (κ3) is 4.45. The molecule has 4 nitrogen and oxygen atoms in total. The van der Waals surface area contributed by atoms with Crippen molar-refractivity contribution in [3.8, 4) is 0 Å². The Balaban J connectivity index is 2.12. The van der Waals surface area contributed by atoms with E-state index in [2.05, 4.69) is 29.1 Å². The highest BCUT2D eigenvalue weighted by atomic mass is 16.1. The highest BCUT2D eigenvalue weighted by molar-refractivity contribution is 5.32. The molecule has 0 radical (unpaired) electrons. The topological polar surface area (TPSA) is 57.8 Å². The zero-order valence-electron chi connectivity index (χ0n) is 12.9. The molecular weight excluding hydrogens is 262 g/mol. The summed E-state index contributed by atoms with van der Waals surface area (Å²) < 4.78 is 0. The summed E-state index contributed by atoms with van der Waals surface area (Å²) in [4.78, 5) is 19.5. The molecule has 0 aliphatic rings. The van der Waals surface area contributed by atoms with Gasteiger partial charge >= 0.3 is 0 Å². The molecule has 0 saturated carbocycles. The minimum Gasteiger partial charge on any atom is -0.356 e. The summed E-state index contributed by atoms with van der Waals surface area (Å²) in [6, 6.07) is 9.98. The van der Waals surface area contributed by atoms with E-state index in [0.717, 1.165) is 29.8 Å². The van der Waals surface area contributed by atoms with Crippen LogP contribution in [0.4, 0.5) is 5.95 Å². The number of aryl methyl sites for hydroxylation is 1. The average molecular weight is 285 g/mol. The summed E-state index contributed by atoms with van der Waals surface area (Å²) in [5.74, 6) is 1.19. The third-order valence-electron chi connectivity index (χ3n) is 3.46. The Labute approximate surface area is 125 Å². The second-order valence-electron chi connectivity index (χ2n) is 5.75. The number of nitrogens with one attached hydrogen (secondary N) is 2. The summed E-state index contributed by atoms with van der Waals surface area (Å²) in [5, 5.41) is 3.18. The van der Waals surface area contributed by atoms with Crippen molar-refractivity contribution in [2.45, 2.75) is 33.6 Å². The van der Waals surface area contributed by atoms with Crippen molar-refractivity contribution in [1.82, 2.24) is 9.97 Å². The Morgan fingerprint density at radius 3 is 2.57 bits per heavy atom. The largest absolute Gasteiger partial charge is 0.356 e. The first-order valence-electron chi connectivity index (χ1n) is 7.44. The summed E-state index contributed by atoms with van der Waals surface area (Å²) >= 11 is 0. The van der Waals surface area contributed by atoms with Gasteiger partial charge in [0.05, 0.1) is 5.69 Å². The molecule has 112 valence electrons. The Morgan fingerprint density at radius 1 is 1.24 bits per heavy atom. The van der Waals surface area contributed by atoms with Crippen molar-refractivity contribution >= 4 is 5.95 Å². The van der Waals surface area contributed by atoms with Crippen LogP contribution < -0.4 is 10.9 Å². The fraction of sp³-hybridized carbons (Fsp3) is 0.412. The summed E-state index contributed by atoms with van der Waals surface area (Å²) in [6.07, 6.45) is 1.66. The van der Waals surface area contributed by atoms with Crippen molar-refractivity contribution in [3.05, 3.63) is 57.5 Å². The van der Waals surface area contributed by atoms with Crippen LogP contribution >= 0.6 is 0 Å². The van der Waals surface area contributed by atoms with E-state index in [1.54, 1.807) is 0 Å². The fourth-order valence-corrected chi connectivity index (χ4v) is 2.18. The number of aromatic nitrogens is 2. The van der Waals surface area contributed by atoms with Crippen LogP contribution in [0.25, 0.3) is 0 Å². The molecule has 0 saturated heterocycles. The highest BCUT2D eigenvalue weighted by Crippen LogP contribution is 2.10. The first kappa shape index (κ1) is 15.3. The highest BCUT2D eigenvalue weighted by Gasteiger charge is 2.09. The Kier molecular flexibility index (Phi) is 5.14. The maximum absolute atomic E-state index is 12.2. The molecule has 1 aromatic carbocycles. The number of aromatic amines is 1. The predicted octanol–water partition coefficient (Wildman–Crippen LogP) is 3.13. The van der Waals surface area contributed by atoms with Gasteiger partial charge in [-0.2, -0.15) is 0 Å². The standard InChI is InChI=1S/C17H23N3O/c1-12(2)9-10-18-17-19-13(3)15(16(21)20-17)11-14-7-5-4-6-8-14/h4-8,12H,9-11H2,1-3H3,(H2,18,19,20,21). The Morgan fingerprint density at radius 2 is 1.95 bits per heavy atom. The Bertz CT molecular complexity index is 632. The number of hydrogen-bond acceptors (Lipinski definition) is 3. The van der Waals surface area contributed by atoms with Gasteiger partial charge in [0.25, 0.3) is 5.56 Å². The normalized spacial score (nSPS) is 10.9. The van der Waals surface area contributed by atoms with E-state index in [0.29, 0.717) is 18.3 Å². The van der Waals surface area contributed by atoms with E-state index in [4.69, 9.17) is 0 Å². The second kappa shape index (κ2) is 7.07. The first-order chi connectivity index (χ1) is 10.1. The number of anilines is 1. The zero-order chi connectivity index (χ0) is 15.2. The SMILES string of the molecule is Cc1nc(NCCC(C)C)[nH]c(=O)c1Cc1ccccc1. The van der Waals surface area contributed by atoms with Crippen LogP contribution in [0.3, 0.4) is 0 Å². The minimum absolute atomic E-state index is 0.0570. The molecule has 2 N–H and O–H groups in total. The second-order valence-corrected chi connectivity index (χ2v) is 5.75. The molecule has 2 rings (SSSR count). The van der Waals surface area contributed by atoms with Crippen molar-refractivity contribution in [2.75, 3.05) is 11.9 Å². The van der Waals surface area contributed by atoms with Gasteiger partial charge in [-0.25, -0.2) is 4.98 Å². The van der Waals surface area contributed by atoms with Crippen LogP contribution in [-0.2, 0) is 6.42 Å². The third-order valence-corrected chi connectivity index (χ3v) is 3.46. The van der Waals surface area contributed by atoms with E-state index < -0.39 is 0 Å². The van der Waals surface area contributed by atoms with Crippen LogP contribution in [0.5, 0.6) is 0 Å². The quantitative estimate of drug-likeness (QED) is 0.857. The van der Waals surface area contributed by atoms with E-state index in [1.165, 1.54) is 0 Å². The number of rotatable bonds is 6. The van der Waals surface area contributed by atoms with Gasteiger partial charge in [0.15, 0.2) is 0 Å². The molecule has 0 bridgehead atoms. The molecule has 4 heteroatoms. The van der Waals surface area contributed by atoms with E-state index in [1.807, 2.05) is 37.3 Å². The van der Waals surface area contributed by atoms with Gasteiger partial charge in [-0.05, 0) is 24.8 Å². The van der Waals surface area contributed by atoms with Crippen LogP contribution in [0.1, 0.15) is 37.1 Å². The van der Waals surface area contributed by atoms with Crippen LogP contribution in [0, 0.1) is 12.8 Å². The average Bonchev–Trinajstić information content (AvgIpc) is 2.44. The van der Waals surface area contributed by atoms with Gasteiger partial charge in [-0.15, -0.1) is 0 Å². The molecule has 0 fully saturated rings. The van der Waals surface area contributed by atoms with E-state index in [9.17, 15) is 4.79 Å². The van der Waals surface area contributed by atoms with Crippen molar-refractivity contribution in [2.24, 2.45) is 5.92 Å². The molecule has 21 heavy (non-hydrogen) atoms. The maximum Gasteiger partial charge on any atom is 0.256 e. The lowest BCUT2D eigenvalue weighted by molar-refractivity contribution is 0.605. The van der Waals surface area contributed by atoms with Gasteiger partial charge in [0.2, 0.25) is 5.95 Å². The molecule has 0 amide bonds. The number of nitrogens with zero attached hydrogens (tertiary/aromatic N) is 1. The van der Waals surface area contributed by atoms with E-state index in [-0.39, 0.29) is 5.56 Å². The molecule has 0 atom stereocenters. The van der Waals surface area contributed by atoms with Crippen molar-refractivity contribution in [1.29, 1.82) is 0 Å². The maximum atomic E-state index is 12.2. The van der Waals surface area contributed by atoms with Gasteiger partial charge in [0, 0.05) is 18.5 Å². The molecule has 0 unspecified atom stereocenters. The first-order valence-corrected chi connectivity index (χ1v) is 7.44. The van der Waals surface area contributed by atoms with Crippen LogP contribution in [0.2, 0.25) is 0 Å². The summed E-state index contributed by atoms with van der Waals surface area (Å²) in [5.41, 5.74) is 2.58. The molecule has 0 aliphatic carbocycles. The van der Waals surface area contributed by atoms with Gasteiger partial charge in [-0.3, -0.25) is 9.78 Å².